The molecule has 0 radical (unpaired) electrons. The lowest BCUT2D eigenvalue weighted by molar-refractivity contribution is -0.0795. The van der Waals surface area contributed by atoms with Crippen molar-refractivity contribution >= 4 is 11.3 Å². The van der Waals surface area contributed by atoms with Gasteiger partial charge in [0.05, 0.1) is 16.3 Å². The van der Waals surface area contributed by atoms with E-state index in [1.54, 1.807) is 11.3 Å². The lowest BCUT2D eigenvalue weighted by atomic mass is 9.66. The van der Waals surface area contributed by atoms with Gasteiger partial charge in [0, 0.05) is 17.2 Å². The molecule has 1 N–H and O–H groups in total. The normalized spacial score (nSPS) is 30.9. The van der Waals surface area contributed by atoms with Crippen LogP contribution in [0.3, 0.4) is 0 Å². The molecule has 2 nitrogen and oxygen atoms in total. The summed E-state index contributed by atoms with van der Waals surface area (Å²) >= 11 is 1.71. The van der Waals surface area contributed by atoms with Gasteiger partial charge in [0.25, 0.3) is 0 Å². The second kappa shape index (κ2) is 6.00. The summed E-state index contributed by atoms with van der Waals surface area (Å²) in [5, 5.41) is 14.6. The van der Waals surface area contributed by atoms with Gasteiger partial charge in [0.15, 0.2) is 0 Å². The molecule has 0 amide bonds. The molecule has 3 heteroatoms. The summed E-state index contributed by atoms with van der Waals surface area (Å²) in [4.78, 5) is 4.80. The first-order valence-electron chi connectivity index (χ1n) is 8.29. The molecule has 21 heavy (non-hydrogen) atoms. The summed E-state index contributed by atoms with van der Waals surface area (Å²) < 4.78 is 0. The van der Waals surface area contributed by atoms with Crippen LogP contribution < -0.4 is 0 Å². The number of rotatable bonds is 3. The fourth-order valence-electron chi connectivity index (χ4n) is 3.75. The monoisotopic (exact) mass is 309 g/mol. The van der Waals surface area contributed by atoms with Crippen LogP contribution in [-0.2, 0) is 11.8 Å². The van der Waals surface area contributed by atoms with Crippen LogP contribution in [0.5, 0.6) is 0 Å². The molecule has 120 valence electrons. The fourth-order valence-corrected chi connectivity index (χ4v) is 4.88. The van der Waals surface area contributed by atoms with Crippen LogP contribution in [0.15, 0.2) is 5.38 Å². The van der Waals surface area contributed by atoms with Crippen LogP contribution in [0.1, 0.15) is 71.5 Å². The first-order chi connectivity index (χ1) is 9.62. The van der Waals surface area contributed by atoms with E-state index >= 15 is 0 Å². The van der Waals surface area contributed by atoms with Gasteiger partial charge < -0.3 is 5.11 Å². The molecule has 0 aromatic carbocycles. The van der Waals surface area contributed by atoms with Gasteiger partial charge in [0.2, 0.25) is 0 Å². The van der Waals surface area contributed by atoms with Gasteiger partial charge in [-0.1, -0.05) is 48.0 Å². The summed E-state index contributed by atoms with van der Waals surface area (Å²) in [5.41, 5.74) is 0.670. The third-order valence-corrected chi connectivity index (χ3v) is 5.79. The number of aliphatic hydroxyl groups is 1. The van der Waals surface area contributed by atoms with Crippen molar-refractivity contribution in [1.82, 2.24) is 4.98 Å². The van der Waals surface area contributed by atoms with Gasteiger partial charge >= 0.3 is 0 Å². The minimum absolute atomic E-state index is 0.0919. The Bertz CT molecular complexity index is 474. The van der Waals surface area contributed by atoms with Gasteiger partial charge in [-0.15, -0.1) is 11.3 Å². The zero-order chi connectivity index (χ0) is 15.8. The minimum atomic E-state index is -0.571. The fraction of sp³-hybridized carbons (Fsp3) is 0.833. The van der Waals surface area contributed by atoms with E-state index in [9.17, 15) is 5.11 Å². The molecule has 1 heterocycles. The smallest absolute Gasteiger partial charge is 0.0957 e. The quantitative estimate of drug-likeness (QED) is 0.869. The van der Waals surface area contributed by atoms with E-state index in [0.717, 1.165) is 30.0 Å². The molecule has 0 spiro atoms. The molecular formula is C18H31NOS. The van der Waals surface area contributed by atoms with Crippen LogP contribution in [0.4, 0.5) is 0 Å². The number of thiazole rings is 1. The molecule has 2 rings (SSSR count). The van der Waals surface area contributed by atoms with Crippen molar-refractivity contribution < 1.29 is 5.11 Å². The van der Waals surface area contributed by atoms with Gasteiger partial charge in [-0.2, -0.15) is 0 Å². The predicted molar refractivity (Wildman–Crippen MR) is 90.8 cm³/mol. The SMILES string of the molecule is CC1CCC(C(C)C)C(O)(Cc2nc(C(C)(C)C)cs2)C1. The zero-order valence-corrected chi connectivity index (χ0v) is 15.3. The van der Waals surface area contributed by atoms with Gasteiger partial charge in [-0.25, -0.2) is 4.98 Å². The second-order valence-electron chi connectivity index (χ2n) is 8.39. The number of hydrogen-bond donors (Lipinski definition) is 1. The average molecular weight is 310 g/mol. The predicted octanol–water partition coefficient (Wildman–Crippen LogP) is 4.81. The van der Waals surface area contributed by atoms with E-state index in [1.807, 2.05) is 0 Å². The molecule has 0 saturated heterocycles. The highest BCUT2D eigenvalue weighted by Crippen LogP contribution is 2.43. The van der Waals surface area contributed by atoms with Gasteiger partial charge in [0.1, 0.15) is 0 Å². The Kier molecular flexibility index (Phi) is 4.84. The topological polar surface area (TPSA) is 33.1 Å². The highest BCUT2D eigenvalue weighted by Gasteiger charge is 2.43. The average Bonchev–Trinajstić information content (AvgIpc) is 2.75. The maximum absolute atomic E-state index is 11.3. The molecule has 1 aromatic heterocycles. The summed E-state index contributed by atoms with van der Waals surface area (Å²) in [5.74, 6) is 1.55. The van der Waals surface area contributed by atoms with E-state index < -0.39 is 5.60 Å². The largest absolute Gasteiger partial charge is 0.389 e. The lowest BCUT2D eigenvalue weighted by Crippen LogP contribution is -2.47. The van der Waals surface area contributed by atoms with Crippen LogP contribution >= 0.6 is 11.3 Å². The van der Waals surface area contributed by atoms with E-state index in [-0.39, 0.29) is 5.41 Å². The molecule has 1 saturated carbocycles. The van der Waals surface area contributed by atoms with E-state index in [1.165, 1.54) is 6.42 Å². The molecule has 1 aromatic rings. The van der Waals surface area contributed by atoms with Crippen LogP contribution in [0.2, 0.25) is 0 Å². The maximum atomic E-state index is 11.3. The summed E-state index contributed by atoms with van der Waals surface area (Å²) in [6.07, 6.45) is 4.03. The van der Waals surface area contributed by atoms with Crippen molar-refractivity contribution in [1.29, 1.82) is 0 Å². The van der Waals surface area contributed by atoms with E-state index in [2.05, 4.69) is 46.9 Å². The van der Waals surface area contributed by atoms with Crippen molar-refractivity contribution in [3.05, 3.63) is 16.1 Å². The molecule has 3 unspecified atom stereocenters. The van der Waals surface area contributed by atoms with Crippen molar-refractivity contribution in [3.8, 4) is 0 Å². The molecular weight excluding hydrogens is 278 g/mol. The number of aromatic nitrogens is 1. The minimum Gasteiger partial charge on any atom is -0.389 e. The summed E-state index contributed by atoms with van der Waals surface area (Å²) in [7, 11) is 0. The Balaban J connectivity index is 2.20. The standard InChI is InChI=1S/C18H31NOS/c1-12(2)14-8-7-13(3)9-18(14,20)10-16-19-15(11-21-16)17(4,5)6/h11-14,20H,7-10H2,1-6H3. The molecule has 0 aliphatic heterocycles. The van der Waals surface area contributed by atoms with E-state index in [0.29, 0.717) is 17.8 Å². The van der Waals surface area contributed by atoms with Gasteiger partial charge in [-0.05, 0) is 30.6 Å². The third kappa shape index (κ3) is 3.87. The van der Waals surface area contributed by atoms with Crippen molar-refractivity contribution in [2.75, 3.05) is 0 Å². The van der Waals surface area contributed by atoms with Crippen LogP contribution in [-0.4, -0.2) is 15.7 Å². The van der Waals surface area contributed by atoms with E-state index in [4.69, 9.17) is 4.98 Å². The zero-order valence-electron chi connectivity index (χ0n) is 14.4. The summed E-state index contributed by atoms with van der Waals surface area (Å²) in [6, 6.07) is 0. The lowest BCUT2D eigenvalue weighted by Gasteiger charge is -2.44. The molecule has 0 bridgehead atoms. The van der Waals surface area contributed by atoms with Gasteiger partial charge in [-0.3, -0.25) is 0 Å². The third-order valence-electron chi connectivity index (χ3n) is 4.94. The maximum Gasteiger partial charge on any atom is 0.0957 e. The molecule has 1 aliphatic carbocycles. The number of hydrogen-bond acceptors (Lipinski definition) is 3. The number of nitrogens with zero attached hydrogens (tertiary/aromatic N) is 1. The Morgan fingerprint density at radius 2 is 2.05 bits per heavy atom. The summed E-state index contributed by atoms with van der Waals surface area (Å²) in [6.45, 7) is 13.3. The van der Waals surface area contributed by atoms with Crippen LogP contribution in [0.25, 0.3) is 0 Å². The van der Waals surface area contributed by atoms with Crippen molar-refractivity contribution in [2.24, 2.45) is 17.8 Å². The second-order valence-corrected chi connectivity index (χ2v) is 9.34. The Morgan fingerprint density at radius 3 is 2.57 bits per heavy atom. The molecule has 1 aliphatic rings. The first kappa shape index (κ1) is 17.0. The Labute approximate surface area is 134 Å². The Hall–Kier alpha value is -0.410. The van der Waals surface area contributed by atoms with Crippen LogP contribution in [0, 0.1) is 17.8 Å². The van der Waals surface area contributed by atoms with Crippen molar-refractivity contribution in [3.63, 3.8) is 0 Å². The highest BCUT2D eigenvalue weighted by molar-refractivity contribution is 7.09. The Morgan fingerprint density at radius 1 is 1.38 bits per heavy atom. The highest BCUT2D eigenvalue weighted by atomic mass is 32.1. The molecule has 1 fully saturated rings. The molecule has 3 atom stereocenters. The first-order valence-corrected chi connectivity index (χ1v) is 9.17. The van der Waals surface area contributed by atoms with Crippen molar-refractivity contribution in [2.45, 2.75) is 78.2 Å².